The first-order valence-electron chi connectivity index (χ1n) is 20.2. The number of esters is 2. The van der Waals surface area contributed by atoms with E-state index in [1.807, 2.05) is 0 Å². The number of carbonyl (C=O) groups excluding carboxylic acids is 3. The molecule has 0 saturated carbocycles. The van der Waals surface area contributed by atoms with E-state index < -0.39 is 18.1 Å². The Morgan fingerprint density at radius 3 is 1.53 bits per heavy atom. The highest BCUT2D eigenvalue weighted by Gasteiger charge is 2.25. The summed E-state index contributed by atoms with van der Waals surface area (Å²) >= 11 is 0. The molecule has 0 aliphatic heterocycles. The number of carboxylic acid groups (broad SMARTS) is 1. The molecule has 0 bridgehead atoms. The normalized spacial score (nSPS) is 13.1. The molecule has 0 fully saturated rings. The van der Waals surface area contributed by atoms with Crippen molar-refractivity contribution < 1.29 is 38.2 Å². The number of hydrogen-bond donors (Lipinski definition) is 0. The summed E-state index contributed by atoms with van der Waals surface area (Å²) in [6.45, 7) is 4.61. The smallest absolute Gasteiger partial charge is 0.306 e. The molecule has 288 valence electrons. The summed E-state index contributed by atoms with van der Waals surface area (Å²) < 4.78 is 17.1. The molecule has 0 rings (SSSR count). The van der Waals surface area contributed by atoms with Crippen molar-refractivity contribution in [3.63, 3.8) is 0 Å². The molecule has 0 aromatic heterocycles. The number of carbonyl (C=O) groups is 3. The Balaban J connectivity index is 4.36. The minimum Gasteiger partial charge on any atom is -0.544 e. The molecule has 0 aromatic rings. The summed E-state index contributed by atoms with van der Waals surface area (Å²) in [7, 11) is 5.40. The summed E-state index contributed by atoms with van der Waals surface area (Å²) in [6.07, 6.45) is 32.3. The fourth-order valence-electron chi connectivity index (χ4n) is 5.93. The molecule has 0 aliphatic rings. The minimum absolute atomic E-state index is 0.0422. The van der Waals surface area contributed by atoms with Crippen LogP contribution in [0.4, 0.5) is 0 Å². The van der Waals surface area contributed by atoms with Crippen LogP contribution in [-0.4, -0.2) is 75.5 Å². The molecule has 0 spiro atoms. The Morgan fingerprint density at radius 2 is 1.04 bits per heavy atom. The van der Waals surface area contributed by atoms with Crippen molar-refractivity contribution in [2.24, 2.45) is 0 Å². The lowest BCUT2D eigenvalue weighted by Crippen LogP contribution is -2.55. The number of allylic oxidation sites excluding steroid dienone is 2. The number of carboxylic acids is 1. The van der Waals surface area contributed by atoms with Gasteiger partial charge in [0.15, 0.2) is 6.10 Å². The van der Waals surface area contributed by atoms with Gasteiger partial charge in [-0.05, 0) is 32.1 Å². The first-order chi connectivity index (χ1) is 23.6. The van der Waals surface area contributed by atoms with Gasteiger partial charge < -0.3 is 28.6 Å². The van der Waals surface area contributed by atoms with Gasteiger partial charge in [-0.15, -0.1) is 0 Å². The maximum Gasteiger partial charge on any atom is 0.306 e. The van der Waals surface area contributed by atoms with E-state index in [4.69, 9.17) is 14.2 Å². The zero-order valence-electron chi connectivity index (χ0n) is 32.6. The molecule has 2 unspecified atom stereocenters. The van der Waals surface area contributed by atoms with E-state index in [2.05, 4.69) is 26.0 Å². The van der Waals surface area contributed by atoms with Crippen LogP contribution in [-0.2, 0) is 28.6 Å². The van der Waals surface area contributed by atoms with Crippen molar-refractivity contribution in [2.45, 2.75) is 193 Å². The second-order valence-electron chi connectivity index (χ2n) is 14.9. The van der Waals surface area contributed by atoms with Gasteiger partial charge in [0.1, 0.15) is 12.6 Å². The quantitative estimate of drug-likeness (QED) is 0.0279. The highest BCUT2D eigenvalue weighted by Crippen LogP contribution is 2.15. The lowest BCUT2D eigenvalue weighted by Gasteiger charge is -2.34. The highest BCUT2D eigenvalue weighted by molar-refractivity contribution is 5.70. The Kier molecular flexibility index (Phi) is 31.9. The predicted molar refractivity (Wildman–Crippen MR) is 199 cm³/mol. The van der Waals surface area contributed by atoms with Gasteiger partial charge in [0, 0.05) is 19.3 Å². The molecular formula is C41H77NO7. The largest absolute Gasteiger partial charge is 0.544 e. The van der Waals surface area contributed by atoms with E-state index in [1.54, 1.807) is 21.1 Å². The van der Waals surface area contributed by atoms with Crippen LogP contribution >= 0.6 is 0 Å². The second kappa shape index (κ2) is 33.2. The van der Waals surface area contributed by atoms with E-state index in [0.29, 0.717) is 12.8 Å². The fourth-order valence-corrected chi connectivity index (χ4v) is 5.93. The topological polar surface area (TPSA) is 102 Å². The third-order valence-electron chi connectivity index (χ3n) is 9.15. The standard InChI is InChI=1S/C41H77NO7/c1-6-8-10-12-14-16-18-19-20-21-22-24-26-28-30-32-40(44)49-37(35-47-34-33-38(41(45)46)42(3,4)5)36-48-39(43)31-29-27-25-23-17-15-13-11-9-7-2/h13,15,37-38H,6-12,14,16-36H2,1-5H3/b15-13+. The molecule has 8 heteroatoms. The summed E-state index contributed by atoms with van der Waals surface area (Å²) in [4.78, 5) is 36.6. The minimum atomic E-state index is -1.13. The van der Waals surface area contributed by atoms with Crippen LogP contribution in [0.1, 0.15) is 181 Å². The molecular weight excluding hydrogens is 618 g/mol. The van der Waals surface area contributed by atoms with E-state index >= 15 is 0 Å². The molecule has 0 heterocycles. The Labute approximate surface area is 301 Å². The van der Waals surface area contributed by atoms with Crippen LogP contribution in [0.2, 0.25) is 0 Å². The van der Waals surface area contributed by atoms with Crippen LogP contribution in [0.5, 0.6) is 0 Å². The van der Waals surface area contributed by atoms with Gasteiger partial charge >= 0.3 is 11.9 Å². The number of quaternary nitrogens is 1. The predicted octanol–water partition coefficient (Wildman–Crippen LogP) is 9.02. The fraction of sp³-hybridized carbons (Fsp3) is 0.878. The third-order valence-corrected chi connectivity index (χ3v) is 9.15. The van der Waals surface area contributed by atoms with Gasteiger partial charge in [0.2, 0.25) is 0 Å². The molecule has 0 N–H and O–H groups in total. The average Bonchev–Trinajstić information content (AvgIpc) is 3.05. The molecule has 8 nitrogen and oxygen atoms in total. The zero-order chi connectivity index (χ0) is 36.4. The molecule has 0 saturated heterocycles. The summed E-state index contributed by atoms with van der Waals surface area (Å²) in [5.74, 6) is -1.74. The Morgan fingerprint density at radius 1 is 0.592 bits per heavy atom. The van der Waals surface area contributed by atoms with Gasteiger partial charge in [0.25, 0.3) is 0 Å². The van der Waals surface area contributed by atoms with E-state index in [-0.39, 0.29) is 42.7 Å². The van der Waals surface area contributed by atoms with Gasteiger partial charge in [-0.25, -0.2) is 0 Å². The molecule has 2 atom stereocenters. The maximum absolute atomic E-state index is 12.7. The first kappa shape index (κ1) is 47.1. The number of unbranched alkanes of at least 4 members (excludes halogenated alkanes) is 20. The number of likely N-dealkylation sites (N-methyl/N-ethyl adjacent to an activating group) is 1. The van der Waals surface area contributed by atoms with Crippen LogP contribution in [0.3, 0.4) is 0 Å². The van der Waals surface area contributed by atoms with Crippen LogP contribution < -0.4 is 5.11 Å². The number of hydrogen-bond acceptors (Lipinski definition) is 7. The highest BCUT2D eigenvalue weighted by atomic mass is 16.6. The molecule has 49 heavy (non-hydrogen) atoms. The molecule has 0 amide bonds. The van der Waals surface area contributed by atoms with Gasteiger partial charge in [-0.3, -0.25) is 9.59 Å². The number of rotatable bonds is 36. The van der Waals surface area contributed by atoms with Gasteiger partial charge in [-0.1, -0.05) is 142 Å². The first-order valence-corrected chi connectivity index (χ1v) is 20.2. The van der Waals surface area contributed by atoms with Crippen molar-refractivity contribution in [2.75, 3.05) is 41.0 Å². The monoisotopic (exact) mass is 696 g/mol. The lowest BCUT2D eigenvalue weighted by atomic mass is 10.0. The third kappa shape index (κ3) is 31.8. The zero-order valence-corrected chi connectivity index (χ0v) is 32.6. The molecule has 0 aliphatic carbocycles. The van der Waals surface area contributed by atoms with Crippen molar-refractivity contribution in [1.29, 1.82) is 0 Å². The summed E-state index contributed by atoms with van der Waals surface area (Å²) in [5, 5.41) is 11.6. The molecule has 0 radical (unpaired) electrons. The van der Waals surface area contributed by atoms with Crippen molar-refractivity contribution in [1.82, 2.24) is 0 Å². The van der Waals surface area contributed by atoms with Gasteiger partial charge in [-0.2, -0.15) is 0 Å². The van der Waals surface area contributed by atoms with Crippen LogP contribution in [0.15, 0.2) is 12.2 Å². The summed E-state index contributed by atoms with van der Waals surface area (Å²) in [6, 6.07) is -0.721. The van der Waals surface area contributed by atoms with E-state index in [0.717, 1.165) is 57.8 Å². The van der Waals surface area contributed by atoms with Crippen molar-refractivity contribution in [3.8, 4) is 0 Å². The van der Waals surface area contributed by atoms with Crippen molar-refractivity contribution >= 4 is 17.9 Å². The Hall–Kier alpha value is -1.93. The van der Waals surface area contributed by atoms with E-state index in [9.17, 15) is 19.5 Å². The number of nitrogens with zero attached hydrogens (tertiary/aromatic N) is 1. The van der Waals surface area contributed by atoms with E-state index in [1.165, 1.54) is 89.9 Å². The van der Waals surface area contributed by atoms with Crippen molar-refractivity contribution in [3.05, 3.63) is 12.2 Å². The number of aliphatic carboxylic acids is 1. The number of ether oxygens (including phenoxy) is 3. The summed E-state index contributed by atoms with van der Waals surface area (Å²) in [5.41, 5.74) is 0. The SMILES string of the molecule is CCCC/C=C/CCCCCCC(=O)OCC(COCCC(C(=O)[O-])[N+](C)(C)C)OC(=O)CCCCCCCCCCCCCCCCC. The second-order valence-corrected chi connectivity index (χ2v) is 14.9. The molecule has 0 aromatic carbocycles. The van der Waals surface area contributed by atoms with Crippen LogP contribution in [0, 0.1) is 0 Å². The lowest BCUT2D eigenvalue weighted by molar-refractivity contribution is -0.889. The van der Waals surface area contributed by atoms with Crippen LogP contribution in [0.25, 0.3) is 0 Å². The Bertz CT molecular complexity index is 823. The maximum atomic E-state index is 12.7. The van der Waals surface area contributed by atoms with Gasteiger partial charge in [0.05, 0.1) is 40.3 Å². The average molecular weight is 696 g/mol.